The quantitative estimate of drug-likeness (QED) is 0.730. The highest BCUT2D eigenvalue weighted by atomic mass is 16.4. The van der Waals surface area contributed by atoms with Crippen molar-refractivity contribution in [3.8, 4) is 0 Å². The standard InChI is InChI=1S/C14H25N3O4/c1-11(6-5-7-13(19)20)15-14(21)16(2)10-12(18)17-8-3-4-9-17/h11H,3-10H2,1-2H3,(H,15,21)(H,19,20). The number of carboxylic acids is 1. The molecule has 1 aliphatic heterocycles. The lowest BCUT2D eigenvalue weighted by atomic mass is 10.1. The van der Waals surface area contributed by atoms with Gasteiger partial charge < -0.3 is 20.2 Å². The summed E-state index contributed by atoms with van der Waals surface area (Å²) in [5, 5.41) is 11.3. The van der Waals surface area contributed by atoms with Crippen molar-refractivity contribution < 1.29 is 19.5 Å². The lowest BCUT2D eigenvalue weighted by Gasteiger charge is -2.23. The van der Waals surface area contributed by atoms with Gasteiger partial charge in [0.15, 0.2) is 0 Å². The van der Waals surface area contributed by atoms with Gasteiger partial charge in [-0.15, -0.1) is 0 Å². The molecule has 0 spiro atoms. The monoisotopic (exact) mass is 299 g/mol. The van der Waals surface area contributed by atoms with Crippen LogP contribution >= 0.6 is 0 Å². The number of hydrogen-bond acceptors (Lipinski definition) is 3. The number of carbonyl (C=O) groups is 3. The highest BCUT2D eigenvalue weighted by Crippen LogP contribution is 2.08. The van der Waals surface area contributed by atoms with Crippen molar-refractivity contribution in [3.63, 3.8) is 0 Å². The van der Waals surface area contributed by atoms with E-state index < -0.39 is 5.97 Å². The molecule has 0 aromatic rings. The van der Waals surface area contributed by atoms with Crippen LogP contribution in [0.3, 0.4) is 0 Å². The number of amides is 3. The average Bonchev–Trinajstić information content (AvgIpc) is 2.91. The molecular formula is C14H25N3O4. The van der Waals surface area contributed by atoms with Crippen LogP contribution in [0.2, 0.25) is 0 Å². The number of rotatable bonds is 7. The minimum atomic E-state index is -0.832. The Kier molecular flexibility index (Phi) is 6.98. The van der Waals surface area contributed by atoms with Crippen molar-refractivity contribution in [2.75, 3.05) is 26.7 Å². The number of nitrogens with one attached hydrogen (secondary N) is 1. The van der Waals surface area contributed by atoms with Gasteiger partial charge in [-0.3, -0.25) is 9.59 Å². The van der Waals surface area contributed by atoms with E-state index >= 15 is 0 Å². The number of carbonyl (C=O) groups excluding carboxylic acids is 2. The Morgan fingerprint density at radius 1 is 1.29 bits per heavy atom. The van der Waals surface area contributed by atoms with Gasteiger partial charge in [0.2, 0.25) is 5.91 Å². The van der Waals surface area contributed by atoms with Crippen LogP contribution in [0.5, 0.6) is 0 Å². The van der Waals surface area contributed by atoms with E-state index in [1.54, 1.807) is 11.9 Å². The predicted octanol–water partition coefficient (Wildman–Crippen LogP) is 0.894. The highest BCUT2D eigenvalue weighted by Gasteiger charge is 2.21. The van der Waals surface area contributed by atoms with Gasteiger partial charge in [-0.2, -0.15) is 0 Å². The van der Waals surface area contributed by atoms with Crippen LogP contribution in [0.25, 0.3) is 0 Å². The zero-order valence-corrected chi connectivity index (χ0v) is 12.8. The van der Waals surface area contributed by atoms with E-state index in [9.17, 15) is 14.4 Å². The summed E-state index contributed by atoms with van der Waals surface area (Å²) in [6.07, 6.45) is 3.28. The van der Waals surface area contributed by atoms with Crippen LogP contribution in [0.15, 0.2) is 0 Å². The van der Waals surface area contributed by atoms with E-state index in [4.69, 9.17) is 5.11 Å². The summed E-state index contributed by atoms with van der Waals surface area (Å²) >= 11 is 0. The summed E-state index contributed by atoms with van der Waals surface area (Å²) in [5.74, 6) is -0.856. The Balaban J connectivity index is 2.26. The molecule has 1 unspecified atom stereocenters. The van der Waals surface area contributed by atoms with Crippen LogP contribution in [0.1, 0.15) is 39.0 Å². The molecule has 0 aromatic heterocycles. The third kappa shape index (κ3) is 6.46. The Hall–Kier alpha value is -1.79. The van der Waals surface area contributed by atoms with Crippen molar-refractivity contribution in [1.29, 1.82) is 0 Å². The summed E-state index contributed by atoms with van der Waals surface area (Å²) < 4.78 is 0. The molecule has 1 rings (SSSR count). The zero-order valence-electron chi connectivity index (χ0n) is 12.8. The Morgan fingerprint density at radius 3 is 2.48 bits per heavy atom. The number of likely N-dealkylation sites (N-methyl/N-ethyl adjacent to an activating group) is 1. The van der Waals surface area contributed by atoms with Gasteiger partial charge in [0.05, 0.1) is 0 Å². The third-order valence-electron chi connectivity index (χ3n) is 3.58. The van der Waals surface area contributed by atoms with Gasteiger partial charge in [-0.05, 0) is 32.6 Å². The first kappa shape index (κ1) is 17.3. The van der Waals surface area contributed by atoms with Crippen LogP contribution in [0, 0.1) is 0 Å². The van der Waals surface area contributed by atoms with Crippen molar-refractivity contribution in [2.45, 2.75) is 45.1 Å². The molecule has 0 aromatic carbocycles. The molecule has 1 atom stereocenters. The molecule has 120 valence electrons. The van der Waals surface area contributed by atoms with E-state index in [2.05, 4.69) is 5.32 Å². The average molecular weight is 299 g/mol. The van der Waals surface area contributed by atoms with E-state index in [1.165, 1.54) is 4.90 Å². The SMILES string of the molecule is CC(CCCC(=O)O)NC(=O)N(C)CC(=O)N1CCCC1. The first-order valence-electron chi connectivity index (χ1n) is 7.41. The number of likely N-dealkylation sites (tertiary alicyclic amines) is 1. The Labute approximate surface area is 125 Å². The van der Waals surface area contributed by atoms with Crippen molar-refractivity contribution in [1.82, 2.24) is 15.1 Å². The first-order chi connectivity index (χ1) is 9.90. The fraction of sp³-hybridized carbons (Fsp3) is 0.786. The molecule has 1 fully saturated rings. The molecular weight excluding hydrogens is 274 g/mol. The minimum absolute atomic E-state index is 0.0244. The predicted molar refractivity (Wildman–Crippen MR) is 77.9 cm³/mol. The Bertz CT molecular complexity index is 380. The van der Waals surface area contributed by atoms with E-state index in [0.29, 0.717) is 12.8 Å². The number of nitrogens with zero attached hydrogens (tertiary/aromatic N) is 2. The maximum absolute atomic E-state index is 11.9. The number of hydrogen-bond donors (Lipinski definition) is 2. The molecule has 0 aliphatic carbocycles. The Morgan fingerprint density at radius 2 is 1.90 bits per heavy atom. The molecule has 1 heterocycles. The molecule has 0 saturated carbocycles. The van der Waals surface area contributed by atoms with E-state index in [1.807, 2.05) is 6.92 Å². The lowest BCUT2D eigenvalue weighted by molar-refractivity contribution is -0.137. The van der Waals surface area contributed by atoms with Crippen LogP contribution in [-0.4, -0.2) is 65.5 Å². The van der Waals surface area contributed by atoms with Gasteiger partial charge in [0, 0.05) is 32.6 Å². The van der Waals surface area contributed by atoms with Crippen molar-refractivity contribution in [3.05, 3.63) is 0 Å². The summed E-state index contributed by atoms with van der Waals surface area (Å²) in [5.41, 5.74) is 0. The van der Waals surface area contributed by atoms with Crippen LogP contribution in [-0.2, 0) is 9.59 Å². The van der Waals surface area contributed by atoms with Crippen LogP contribution in [0.4, 0.5) is 4.79 Å². The molecule has 7 heteroatoms. The van der Waals surface area contributed by atoms with Crippen LogP contribution < -0.4 is 5.32 Å². The second kappa shape index (κ2) is 8.49. The molecule has 1 saturated heterocycles. The van der Waals surface area contributed by atoms with Gasteiger partial charge in [0.25, 0.3) is 0 Å². The van der Waals surface area contributed by atoms with Gasteiger partial charge >= 0.3 is 12.0 Å². The number of carboxylic acid groups (broad SMARTS) is 1. The normalized spacial score (nSPS) is 15.6. The zero-order chi connectivity index (χ0) is 15.8. The fourth-order valence-corrected chi connectivity index (χ4v) is 2.29. The highest BCUT2D eigenvalue weighted by molar-refractivity contribution is 5.84. The van der Waals surface area contributed by atoms with Gasteiger partial charge in [-0.25, -0.2) is 4.79 Å². The van der Waals surface area contributed by atoms with Gasteiger partial charge in [0.1, 0.15) is 6.54 Å². The smallest absolute Gasteiger partial charge is 0.317 e. The second-order valence-electron chi connectivity index (χ2n) is 5.58. The lowest BCUT2D eigenvalue weighted by Crippen LogP contribution is -2.46. The molecule has 21 heavy (non-hydrogen) atoms. The summed E-state index contributed by atoms with van der Waals surface area (Å²) in [6, 6.07) is -0.411. The summed E-state index contributed by atoms with van der Waals surface area (Å²) in [6.45, 7) is 3.46. The maximum atomic E-state index is 11.9. The van der Waals surface area contributed by atoms with E-state index in [0.717, 1.165) is 25.9 Å². The van der Waals surface area contributed by atoms with E-state index in [-0.39, 0.29) is 30.9 Å². The largest absolute Gasteiger partial charge is 0.481 e. The second-order valence-corrected chi connectivity index (χ2v) is 5.58. The molecule has 0 bridgehead atoms. The molecule has 1 aliphatic rings. The van der Waals surface area contributed by atoms with Crippen molar-refractivity contribution in [2.24, 2.45) is 0 Å². The molecule has 3 amide bonds. The molecule has 7 nitrogen and oxygen atoms in total. The maximum Gasteiger partial charge on any atom is 0.317 e. The minimum Gasteiger partial charge on any atom is -0.481 e. The molecule has 0 radical (unpaired) electrons. The number of urea groups is 1. The third-order valence-corrected chi connectivity index (χ3v) is 3.58. The number of aliphatic carboxylic acids is 1. The summed E-state index contributed by atoms with van der Waals surface area (Å²) in [7, 11) is 1.59. The molecule has 2 N–H and O–H groups in total. The summed E-state index contributed by atoms with van der Waals surface area (Å²) in [4.78, 5) is 37.4. The van der Waals surface area contributed by atoms with Gasteiger partial charge in [-0.1, -0.05) is 0 Å². The first-order valence-corrected chi connectivity index (χ1v) is 7.41. The topological polar surface area (TPSA) is 90.0 Å². The van der Waals surface area contributed by atoms with Crippen molar-refractivity contribution >= 4 is 17.9 Å². The fourth-order valence-electron chi connectivity index (χ4n) is 2.29.